The van der Waals surface area contributed by atoms with Gasteiger partial charge in [0.05, 0.1) is 11.3 Å². The Labute approximate surface area is 108 Å². The first kappa shape index (κ1) is 14.7. The van der Waals surface area contributed by atoms with Gasteiger partial charge in [0, 0.05) is 13.6 Å². The second kappa shape index (κ2) is 6.00. The Morgan fingerprint density at radius 1 is 1.44 bits per heavy atom. The van der Waals surface area contributed by atoms with Gasteiger partial charge in [0.2, 0.25) is 0 Å². The fourth-order valence-electron chi connectivity index (χ4n) is 1.75. The Bertz CT molecular complexity index is 408. The van der Waals surface area contributed by atoms with Crippen molar-refractivity contribution < 1.29 is 9.90 Å². The zero-order chi connectivity index (χ0) is 13.8. The first-order valence-corrected chi connectivity index (χ1v) is 6.49. The lowest BCUT2D eigenvalue weighted by Crippen LogP contribution is -2.42. The van der Waals surface area contributed by atoms with Crippen LogP contribution >= 0.6 is 0 Å². The Kier molecular flexibility index (Phi) is 4.90. The molecule has 0 saturated heterocycles. The SMILES string of the molecule is CCc1cc(C(=O)NCC(O)(CC)CC)n(C)n1. The third kappa shape index (κ3) is 3.32. The lowest BCUT2D eigenvalue weighted by molar-refractivity contribution is 0.0312. The van der Waals surface area contributed by atoms with Gasteiger partial charge in [-0.1, -0.05) is 20.8 Å². The predicted molar refractivity (Wildman–Crippen MR) is 70.5 cm³/mol. The number of carbonyl (C=O) groups excluding carboxylic acids is 1. The molecule has 0 bridgehead atoms. The van der Waals surface area contributed by atoms with Crippen LogP contribution in [0.5, 0.6) is 0 Å². The average Bonchev–Trinajstić information content (AvgIpc) is 2.77. The minimum Gasteiger partial charge on any atom is -0.388 e. The number of carbonyl (C=O) groups is 1. The molecular weight excluding hydrogens is 230 g/mol. The van der Waals surface area contributed by atoms with Crippen molar-refractivity contribution in [2.24, 2.45) is 7.05 Å². The second-order valence-electron chi connectivity index (χ2n) is 4.61. The van der Waals surface area contributed by atoms with Crippen LogP contribution in [-0.2, 0) is 13.5 Å². The number of aliphatic hydroxyl groups is 1. The van der Waals surface area contributed by atoms with Crippen LogP contribution in [0, 0.1) is 0 Å². The fraction of sp³-hybridized carbons (Fsp3) is 0.692. The Morgan fingerprint density at radius 2 is 2.06 bits per heavy atom. The van der Waals surface area contributed by atoms with Gasteiger partial charge in [-0.05, 0) is 25.3 Å². The van der Waals surface area contributed by atoms with Crippen molar-refractivity contribution in [3.63, 3.8) is 0 Å². The number of hydrogen-bond acceptors (Lipinski definition) is 3. The molecule has 0 aliphatic rings. The van der Waals surface area contributed by atoms with Crippen LogP contribution in [0.4, 0.5) is 0 Å². The summed E-state index contributed by atoms with van der Waals surface area (Å²) in [6, 6.07) is 1.78. The number of rotatable bonds is 6. The maximum atomic E-state index is 12.0. The highest BCUT2D eigenvalue weighted by Crippen LogP contribution is 2.13. The van der Waals surface area contributed by atoms with E-state index in [1.165, 1.54) is 0 Å². The van der Waals surface area contributed by atoms with Crippen molar-refractivity contribution in [3.8, 4) is 0 Å². The molecule has 0 spiro atoms. The fourth-order valence-corrected chi connectivity index (χ4v) is 1.75. The molecule has 0 aliphatic heterocycles. The molecule has 5 nitrogen and oxygen atoms in total. The Morgan fingerprint density at radius 3 is 2.50 bits per heavy atom. The molecule has 0 aliphatic carbocycles. The highest BCUT2D eigenvalue weighted by atomic mass is 16.3. The molecule has 1 amide bonds. The summed E-state index contributed by atoms with van der Waals surface area (Å²) in [6.07, 6.45) is 2.04. The molecule has 0 fully saturated rings. The number of amides is 1. The molecule has 1 rings (SSSR count). The van der Waals surface area contributed by atoms with E-state index in [-0.39, 0.29) is 12.5 Å². The molecule has 0 aromatic carbocycles. The van der Waals surface area contributed by atoms with Crippen molar-refractivity contribution in [2.45, 2.75) is 45.6 Å². The van der Waals surface area contributed by atoms with Gasteiger partial charge in [0.15, 0.2) is 0 Å². The number of nitrogens with one attached hydrogen (secondary N) is 1. The predicted octanol–water partition coefficient (Wildman–Crippen LogP) is 1.26. The highest BCUT2D eigenvalue weighted by Gasteiger charge is 2.23. The molecule has 0 unspecified atom stereocenters. The molecule has 1 heterocycles. The molecule has 0 saturated carbocycles. The summed E-state index contributed by atoms with van der Waals surface area (Å²) in [5, 5.41) is 17.1. The van der Waals surface area contributed by atoms with E-state index >= 15 is 0 Å². The van der Waals surface area contributed by atoms with Crippen LogP contribution in [0.2, 0.25) is 0 Å². The Hall–Kier alpha value is -1.36. The molecule has 0 atom stereocenters. The van der Waals surface area contributed by atoms with Crippen LogP contribution in [0.1, 0.15) is 49.8 Å². The summed E-state index contributed by atoms with van der Waals surface area (Å²) >= 11 is 0. The van der Waals surface area contributed by atoms with Crippen molar-refractivity contribution in [1.29, 1.82) is 0 Å². The maximum Gasteiger partial charge on any atom is 0.269 e. The molecule has 1 aromatic heterocycles. The van der Waals surface area contributed by atoms with Crippen molar-refractivity contribution in [2.75, 3.05) is 6.54 Å². The third-order valence-corrected chi connectivity index (χ3v) is 3.42. The Balaban J connectivity index is 2.68. The molecule has 1 aromatic rings. The quantitative estimate of drug-likeness (QED) is 0.802. The van der Waals surface area contributed by atoms with Crippen molar-refractivity contribution >= 4 is 5.91 Å². The van der Waals surface area contributed by atoms with E-state index in [1.807, 2.05) is 20.8 Å². The van der Waals surface area contributed by atoms with Gasteiger partial charge in [-0.2, -0.15) is 5.10 Å². The van der Waals surface area contributed by atoms with E-state index in [2.05, 4.69) is 10.4 Å². The molecule has 0 radical (unpaired) electrons. The lowest BCUT2D eigenvalue weighted by atomic mass is 9.97. The first-order chi connectivity index (χ1) is 8.45. The summed E-state index contributed by atoms with van der Waals surface area (Å²) in [5.74, 6) is -0.190. The number of hydrogen-bond donors (Lipinski definition) is 2. The maximum absolute atomic E-state index is 12.0. The van der Waals surface area contributed by atoms with Crippen molar-refractivity contribution in [1.82, 2.24) is 15.1 Å². The summed E-state index contributed by atoms with van der Waals surface area (Å²) < 4.78 is 1.57. The molecule has 18 heavy (non-hydrogen) atoms. The monoisotopic (exact) mass is 253 g/mol. The number of nitrogens with zero attached hydrogens (tertiary/aromatic N) is 2. The molecule has 5 heteroatoms. The number of aromatic nitrogens is 2. The van der Waals surface area contributed by atoms with Gasteiger partial charge in [0.25, 0.3) is 5.91 Å². The van der Waals surface area contributed by atoms with Gasteiger partial charge >= 0.3 is 0 Å². The van der Waals surface area contributed by atoms with Gasteiger partial charge in [-0.3, -0.25) is 9.48 Å². The topological polar surface area (TPSA) is 67.2 Å². The average molecular weight is 253 g/mol. The van der Waals surface area contributed by atoms with Crippen molar-refractivity contribution in [3.05, 3.63) is 17.5 Å². The second-order valence-corrected chi connectivity index (χ2v) is 4.61. The molecule has 102 valence electrons. The van der Waals surface area contributed by atoms with Gasteiger partial charge < -0.3 is 10.4 Å². The summed E-state index contributed by atoms with van der Waals surface area (Å²) in [4.78, 5) is 12.0. The summed E-state index contributed by atoms with van der Waals surface area (Å²) in [7, 11) is 1.75. The zero-order valence-corrected chi connectivity index (χ0v) is 11.7. The molecular formula is C13H23N3O2. The van der Waals surface area contributed by atoms with E-state index in [9.17, 15) is 9.90 Å². The minimum atomic E-state index is -0.818. The summed E-state index contributed by atoms with van der Waals surface area (Å²) in [6.45, 7) is 6.09. The van der Waals surface area contributed by atoms with E-state index in [0.29, 0.717) is 18.5 Å². The number of aryl methyl sites for hydroxylation is 2. The normalized spacial score (nSPS) is 11.6. The van der Waals surface area contributed by atoms with Gasteiger partial charge in [0.1, 0.15) is 5.69 Å². The largest absolute Gasteiger partial charge is 0.388 e. The smallest absolute Gasteiger partial charge is 0.269 e. The highest BCUT2D eigenvalue weighted by molar-refractivity contribution is 5.92. The van der Waals surface area contributed by atoms with Crippen LogP contribution in [0.25, 0.3) is 0 Å². The van der Waals surface area contributed by atoms with Gasteiger partial charge in [-0.25, -0.2) is 0 Å². The zero-order valence-electron chi connectivity index (χ0n) is 11.7. The van der Waals surface area contributed by atoms with E-state index in [4.69, 9.17) is 0 Å². The summed E-state index contributed by atoms with van der Waals surface area (Å²) in [5.41, 5.74) is 0.604. The standard InChI is InChI=1S/C13H23N3O2/c1-5-10-8-11(16(4)15-10)12(17)14-9-13(18,6-2)7-3/h8,18H,5-7,9H2,1-4H3,(H,14,17). The van der Waals surface area contributed by atoms with Crippen LogP contribution in [-0.4, -0.2) is 32.9 Å². The van der Waals surface area contributed by atoms with Gasteiger partial charge in [-0.15, -0.1) is 0 Å². The van der Waals surface area contributed by atoms with Crippen LogP contribution in [0.3, 0.4) is 0 Å². The van der Waals surface area contributed by atoms with Crippen LogP contribution < -0.4 is 5.32 Å². The van der Waals surface area contributed by atoms with E-state index < -0.39 is 5.60 Å². The van der Waals surface area contributed by atoms with E-state index in [1.54, 1.807) is 17.8 Å². The van der Waals surface area contributed by atoms with E-state index in [0.717, 1.165) is 12.1 Å². The lowest BCUT2D eigenvalue weighted by Gasteiger charge is -2.25. The van der Waals surface area contributed by atoms with Crippen LogP contribution in [0.15, 0.2) is 6.07 Å². The third-order valence-electron chi connectivity index (χ3n) is 3.42. The molecule has 2 N–H and O–H groups in total. The first-order valence-electron chi connectivity index (χ1n) is 6.49. The minimum absolute atomic E-state index is 0.190.